The van der Waals surface area contributed by atoms with Gasteiger partial charge in [-0.2, -0.15) is 0 Å². The maximum atomic E-state index is 12.5. The van der Waals surface area contributed by atoms with Gasteiger partial charge >= 0.3 is 0 Å². The lowest BCUT2D eigenvalue weighted by molar-refractivity contribution is -0.384. The third-order valence-electron chi connectivity index (χ3n) is 4.70. The fourth-order valence-corrected chi connectivity index (χ4v) is 3.40. The van der Waals surface area contributed by atoms with Gasteiger partial charge in [-0.1, -0.05) is 23.7 Å². The van der Waals surface area contributed by atoms with E-state index in [9.17, 15) is 20.0 Å². The number of likely N-dealkylation sites (tertiary alicyclic amines) is 1. The lowest BCUT2D eigenvalue weighted by atomic mass is 9.95. The smallest absolute Gasteiger partial charge is 0.269 e. The molecule has 7 nitrogen and oxygen atoms in total. The highest BCUT2D eigenvalue weighted by Gasteiger charge is 2.25. The Labute approximate surface area is 161 Å². The number of halogens is 1. The number of hydrogen-bond acceptors (Lipinski definition) is 5. The van der Waals surface area contributed by atoms with E-state index >= 15 is 0 Å². The van der Waals surface area contributed by atoms with Crippen LogP contribution < -0.4 is 5.32 Å². The molecular formula is C19H20ClN3O4. The molecule has 0 aromatic heterocycles. The van der Waals surface area contributed by atoms with Gasteiger partial charge in [-0.3, -0.25) is 19.8 Å². The normalized spacial score (nSPS) is 15.4. The zero-order valence-electron chi connectivity index (χ0n) is 14.6. The van der Waals surface area contributed by atoms with Crippen molar-refractivity contribution in [3.63, 3.8) is 0 Å². The summed E-state index contributed by atoms with van der Waals surface area (Å²) < 4.78 is 0. The number of nitrogens with zero attached hydrogens (tertiary/aromatic N) is 2. The van der Waals surface area contributed by atoms with Crippen molar-refractivity contribution in [2.75, 3.05) is 18.4 Å². The van der Waals surface area contributed by atoms with Gasteiger partial charge in [0.05, 0.1) is 10.6 Å². The number of nitrogens with one attached hydrogen (secondary N) is 1. The SMILES string of the molecule is O=C(Nc1cc(Cl)ccc1O)C1CCN(Cc2cccc([N+](=O)[O-])c2)CC1. The molecule has 1 fully saturated rings. The van der Waals surface area contributed by atoms with Crippen LogP contribution in [0.4, 0.5) is 11.4 Å². The van der Waals surface area contributed by atoms with Crippen molar-refractivity contribution in [3.05, 3.63) is 63.2 Å². The first-order valence-electron chi connectivity index (χ1n) is 8.67. The summed E-state index contributed by atoms with van der Waals surface area (Å²) in [6, 6.07) is 11.1. The molecule has 0 unspecified atom stereocenters. The Kier molecular flexibility index (Phi) is 5.93. The number of rotatable bonds is 5. The molecule has 2 N–H and O–H groups in total. The second kappa shape index (κ2) is 8.37. The maximum absolute atomic E-state index is 12.5. The van der Waals surface area contributed by atoms with E-state index in [0.29, 0.717) is 30.1 Å². The number of aromatic hydroxyl groups is 1. The minimum absolute atomic E-state index is 0.0177. The number of nitro groups is 1. The highest BCUT2D eigenvalue weighted by molar-refractivity contribution is 6.31. The van der Waals surface area contributed by atoms with Gasteiger partial charge in [0.15, 0.2) is 0 Å². The van der Waals surface area contributed by atoms with Gasteiger partial charge in [0.2, 0.25) is 5.91 Å². The van der Waals surface area contributed by atoms with Crippen molar-refractivity contribution in [1.29, 1.82) is 0 Å². The molecule has 0 atom stereocenters. The van der Waals surface area contributed by atoms with Crippen LogP contribution in [0.15, 0.2) is 42.5 Å². The van der Waals surface area contributed by atoms with Crippen LogP contribution in [0.1, 0.15) is 18.4 Å². The van der Waals surface area contributed by atoms with E-state index in [4.69, 9.17) is 11.6 Å². The van der Waals surface area contributed by atoms with E-state index in [1.807, 2.05) is 6.07 Å². The molecule has 0 saturated carbocycles. The molecule has 0 radical (unpaired) electrons. The lowest BCUT2D eigenvalue weighted by Crippen LogP contribution is -2.37. The highest BCUT2D eigenvalue weighted by atomic mass is 35.5. The quantitative estimate of drug-likeness (QED) is 0.460. The fourth-order valence-electron chi connectivity index (χ4n) is 3.22. The number of hydrogen-bond donors (Lipinski definition) is 2. The lowest BCUT2D eigenvalue weighted by Gasteiger charge is -2.31. The first kappa shape index (κ1) is 19.1. The fraction of sp³-hybridized carbons (Fsp3) is 0.316. The van der Waals surface area contributed by atoms with Gasteiger partial charge in [0, 0.05) is 29.6 Å². The van der Waals surface area contributed by atoms with Crippen molar-refractivity contribution in [1.82, 2.24) is 4.90 Å². The number of carbonyl (C=O) groups excluding carboxylic acids is 1. The van der Waals surface area contributed by atoms with Gasteiger partial charge in [-0.25, -0.2) is 0 Å². The Morgan fingerprint density at radius 3 is 2.70 bits per heavy atom. The van der Waals surface area contributed by atoms with Crippen molar-refractivity contribution < 1.29 is 14.8 Å². The molecular weight excluding hydrogens is 370 g/mol. The van der Waals surface area contributed by atoms with Crippen LogP contribution in [0.5, 0.6) is 5.75 Å². The highest BCUT2D eigenvalue weighted by Crippen LogP contribution is 2.28. The molecule has 0 spiro atoms. The summed E-state index contributed by atoms with van der Waals surface area (Å²) in [4.78, 5) is 25.1. The van der Waals surface area contributed by atoms with Crippen molar-refractivity contribution >= 4 is 28.9 Å². The summed E-state index contributed by atoms with van der Waals surface area (Å²) in [6.07, 6.45) is 1.37. The van der Waals surface area contributed by atoms with Crippen LogP contribution in [0.25, 0.3) is 0 Å². The molecule has 1 aliphatic rings. The van der Waals surface area contributed by atoms with E-state index in [-0.39, 0.29) is 23.3 Å². The molecule has 142 valence electrons. The number of non-ortho nitro benzene ring substituents is 1. The zero-order valence-corrected chi connectivity index (χ0v) is 15.4. The summed E-state index contributed by atoms with van der Waals surface area (Å²) in [5, 5.41) is 23.9. The Hall–Kier alpha value is -2.64. The van der Waals surface area contributed by atoms with Gasteiger partial charge in [-0.05, 0) is 49.7 Å². The average Bonchev–Trinajstić information content (AvgIpc) is 2.65. The van der Waals surface area contributed by atoms with E-state index < -0.39 is 4.92 Å². The van der Waals surface area contributed by atoms with E-state index in [1.54, 1.807) is 18.2 Å². The van der Waals surface area contributed by atoms with Gasteiger partial charge in [0.1, 0.15) is 5.75 Å². The number of anilines is 1. The van der Waals surface area contributed by atoms with Crippen LogP contribution in [0.2, 0.25) is 5.02 Å². The van der Waals surface area contributed by atoms with Crippen molar-refractivity contribution in [3.8, 4) is 5.75 Å². The molecule has 8 heteroatoms. The van der Waals surface area contributed by atoms with Crippen molar-refractivity contribution in [2.24, 2.45) is 5.92 Å². The second-order valence-electron chi connectivity index (χ2n) is 6.63. The molecule has 2 aromatic rings. The molecule has 1 saturated heterocycles. The molecule has 1 heterocycles. The van der Waals surface area contributed by atoms with Crippen LogP contribution in [-0.4, -0.2) is 33.9 Å². The standard InChI is InChI=1S/C19H20ClN3O4/c20-15-4-5-18(24)17(11-15)21-19(25)14-6-8-22(9-7-14)12-13-2-1-3-16(10-13)23(26)27/h1-5,10-11,14,24H,6-9,12H2,(H,21,25). The summed E-state index contributed by atoms with van der Waals surface area (Å²) in [5.41, 5.74) is 1.28. The van der Waals surface area contributed by atoms with E-state index in [0.717, 1.165) is 18.7 Å². The minimum atomic E-state index is -0.397. The molecule has 1 amide bonds. The minimum Gasteiger partial charge on any atom is -0.506 e. The number of phenolic OH excluding ortho intramolecular Hbond substituents is 1. The first-order chi connectivity index (χ1) is 12.9. The van der Waals surface area contributed by atoms with Crippen LogP contribution >= 0.6 is 11.6 Å². The zero-order chi connectivity index (χ0) is 19.4. The predicted octanol–water partition coefficient (Wildman–Crippen LogP) is 3.80. The first-order valence-corrected chi connectivity index (χ1v) is 9.05. The number of nitro benzene ring substituents is 1. The number of piperidine rings is 1. The van der Waals surface area contributed by atoms with Gasteiger partial charge < -0.3 is 10.4 Å². The van der Waals surface area contributed by atoms with Crippen LogP contribution in [0, 0.1) is 16.0 Å². The number of benzene rings is 2. The Bertz CT molecular complexity index is 851. The molecule has 2 aromatic carbocycles. The molecule has 3 rings (SSSR count). The van der Waals surface area contributed by atoms with E-state index in [2.05, 4.69) is 10.2 Å². The van der Waals surface area contributed by atoms with Gasteiger partial charge in [-0.15, -0.1) is 0 Å². The Morgan fingerprint density at radius 2 is 2.00 bits per heavy atom. The second-order valence-corrected chi connectivity index (χ2v) is 7.06. The maximum Gasteiger partial charge on any atom is 0.269 e. The summed E-state index contributed by atoms with van der Waals surface area (Å²) in [6.45, 7) is 2.07. The predicted molar refractivity (Wildman–Crippen MR) is 103 cm³/mol. The Morgan fingerprint density at radius 1 is 1.26 bits per heavy atom. The topological polar surface area (TPSA) is 95.7 Å². The van der Waals surface area contributed by atoms with Gasteiger partial charge in [0.25, 0.3) is 5.69 Å². The van der Waals surface area contributed by atoms with Crippen molar-refractivity contribution in [2.45, 2.75) is 19.4 Å². The largest absolute Gasteiger partial charge is 0.506 e. The number of carbonyl (C=O) groups is 1. The van der Waals surface area contributed by atoms with E-state index in [1.165, 1.54) is 18.2 Å². The number of phenols is 1. The third-order valence-corrected chi connectivity index (χ3v) is 4.94. The molecule has 0 bridgehead atoms. The van der Waals surface area contributed by atoms with Crippen LogP contribution in [-0.2, 0) is 11.3 Å². The summed E-state index contributed by atoms with van der Waals surface area (Å²) >= 11 is 5.90. The Balaban J connectivity index is 1.54. The summed E-state index contributed by atoms with van der Waals surface area (Å²) in [7, 11) is 0. The molecule has 27 heavy (non-hydrogen) atoms. The average molecular weight is 390 g/mol. The summed E-state index contributed by atoms with van der Waals surface area (Å²) in [5.74, 6) is -0.303. The molecule has 0 aliphatic carbocycles. The van der Waals surface area contributed by atoms with Crippen LogP contribution in [0.3, 0.4) is 0 Å². The molecule has 1 aliphatic heterocycles. The number of amides is 1. The monoisotopic (exact) mass is 389 g/mol. The third kappa shape index (κ3) is 4.96.